The molecule has 0 amide bonds. The van der Waals surface area contributed by atoms with E-state index in [4.69, 9.17) is 5.84 Å². The van der Waals surface area contributed by atoms with Gasteiger partial charge in [0.2, 0.25) is 0 Å². The Morgan fingerprint density at radius 3 is 2.50 bits per heavy atom. The standard InChI is InChI=1S/C12H17N5O2S/c1-3-11-12(8-17(2)15-11)16-20(18,19)10-6-4-9(14-13)5-7-10/h4-8,14,16H,3,13H2,1-2H3. The normalized spacial score (nSPS) is 11.3. The average Bonchev–Trinajstić information content (AvgIpc) is 2.78. The van der Waals surface area contributed by atoms with Gasteiger partial charge in [0.15, 0.2) is 0 Å². The van der Waals surface area contributed by atoms with E-state index in [2.05, 4.69) is 15.2 Å². The molecule has 0 bridgehead atoms. The molecule has 20 heavy (non-hydrogen) atoms. The van der Waals surface area contributed by atoms with Gasteiger partial charge in [-0.15, -0.1) is 0 Å². The summed E-state index contributed by atoms with van der Waals surface area (Å²) in [6.45, 7) is 1.92. The van der Waals surface area contributed by atoms with Gasteiger partial charge in [-0.25, -0.2) is 8.42 Å². The summed E-state index contributed by atoms with van der Waals surface area (Å²) >= 11 is 0. The van der Waals surface area contributed by atoms with E-state index in [-0.39, 0.29) is 4.90 Å². The lowest BCUT2D eigenvalue weighted by molar-refractivity contribution is 0.601. The first-order valence-electron chi connectivity index (χ1n) is 6.08. The number of rotatable bonds is 5. The van der Waals surface area contributed by atoms with Gasteiger partial charge in [-0.3, -0.25) is 15.2 Å². The van der Waals surface area contributed by atoms with Crippen LogP contribution in [0.1, 0.15) is 12.6 Å². The Bertz CT molecular complexity index is 691. The molecule has 0 radical (unpaired) electrons. The number of nitrogen functional groups attached to an aromatic ring is 1. The Labute approximate surface area is 117 Å². The third kappa shape index (κ3) is 2.91. The minimum absolute atomic E-state index is 0.169. The first-order valence-corrected chi connectivity index (χ1v) is 7.56. The van der Waals surface area contributed by atoms with Crippen molar-refractivity contribution in [3.63, 3.8) is 0 Å². The van der Waals surface area contributed by atoms with Crippen molar-refractivity contribution in [3.05, 3.63) is 36.2 Å². The summed E-state index contributed by atoms with van der Waals surface area (Å²) in [6.07, 6.45) is 2.29. The molecule has 1 aromatic heterocycles. The molecule has 2 rings (SSSR count). The van der Waals surface area contributed by atoms with E-state index in [1.54, 1.807) is 30.1 Å². The largest absolute Gasteiger partial charge is 0.324 e. The fraction of sp³-hybridized carbons (Fsp3) is 0.250. The van der Waals surface area contributed by atoms with Gasteiger partial charge < -0.3 is 5.43 Å². The zero-order chi connectivity index (χ0) is 14.8. The zero-order valence-electron chi connectivity index (χ0n) is 11.3. The lowest BCUT2D eigenvalue weighted by Gasteiger charge is -2.08. The first kappa shape index (κ1) is 14.4. The lowest BCUT2D eigenvalue weighted by Crippen LogP contribution is -2.14. The topological polar surface area (TPSA) is 102 Å². The zero-order valence-corrected chi connectivity index (χ0v) is 12.1. The highest BCUT2D eigenvalue weighted by Crippen LogP contribution is 2.20. The molecule has 0 aliphatic carbocycles. The Balaban J connectivity index is 2.30. The van der Waals surface area contributed by atoms with Crippen molar-refractivity contribution >= 4 is 21.4 Å². The van der Waals surface area contributed by atoms with E-state index in [9.17, 15) is 8.42 Å². The highest BCUT2D eigenvalue weighted by molar-refractivity contribution is 7.92. The molecule has 2 aromatic rings. The second kappa shape index (κ2) is 5.51. The molecular weight excluding hydrogens is 278 g/mol. The minimum Gasteiger partial charge on any atom is -0.324 e. The molecule has 0 atom stereocenters. The van der Waals surface area contributed by atoms with E-state index >= 15 is 0 Å². The van der Waals surface area contributed by atoms with Crippen molar-refractivity contribution in [3.8, 4) is 0 Å². The van der Waals surface area contributed by atoms with Crippen molar-refractivity contribution in [2.45, 2.75) is 18.2 Å². The van der Waals surface area contributed by atoms with E-state index < -0.39 is 10.0 Å². The van der Waals surface area contributed by atoms with E-state index in [1.165, 1.54) is 12.1 Å². The van der Waals surface area contributed by atoms with Crippen LogP contribution >= 0.6 is 0 Å². The van der Waals surface area contributed by atoms with Crippen LogP contribution < -0.4 is 16.0 Å². The van der Waals surface area contributed by atoms with Crippen molar-refractivity contribution in [2.24, 2.45) is 12.9 Å². The maximum Gasteiger partial charge on any atom is 0.262 e. The van der Waals surface area contributed by atoms with Crippen molar-refractivity contribution in [1.29, 1.82) is 0 Å². The molecule has 108 valence electrons. The molecule has 0 unspecified atom stereocenters. The molecule has 1 aromatic carbocycles. The van der Waals surface area contributed by atoms with Gasteiger partial charge >= 0.3 is 0 Å². The second-order valence-electron chi connectivity index (χ2n) is 4.29. The van der Waals surface area contributed by atoms with Crippen LogP contribution in [0.4, 0.5) is 11.4 Å². The Morgan fingerprint density at radius 2 is 1.95 bits per heavy atom. The van der Waals surface area contributed by atoms with Crippen LogP contribution in [0.3, 0.4) is 0 Å². The molecule has 0 spiro atoms. The molecule has 0 fully saturated rings. The number of nitrogens with two attached hydrogens (primary N) is 1. The second-order valence-corrected chi connectivity index (χ2v) is 5.97. The summed E-state index contributed by atoms with van der Waals surface area (Å²) in [7, 11) is -1.88. The highest BCUT2D eigenvalue weighted by atomic mass is 32.2. The van der Waals surface area contributed by atoms with Crippen LogP contribution in [-0.4, -0.2) is 18.2 Å². The summed E-state index contributed by atoms with van der Waals surface area (Å²) < 4.78 is 28.7. The third-order valence-corrected chi connectivity index (χ3v) is 4.20. The molecule has 7 nitrogen and oxygen atoms in total. The lowest BCUT2D eigenvalue weighted by atomic mass is 10.3. The van der Waals surface area contributed by atoms with Crippen LogP contribution in [-0.2, 0) is 23.5 Å². The Hall–Kier alpha value is -2.06. The van der Waals surface area contributed by atoms with Crippen LogP contribution in [0.25, 0.3) is 0 Å². The van der Waals surface area contributed by atoms with Crippen LogP contribution in [0.15, 0.2) is 35.4 Å². The van der Waals surface area contributed by atoms with E-state index in [1.807, 2.05) is 6.92 Å². The number of sulfonamides is 1. The number of hydrogen-bond acceptors (Lipinski definition) is 5. The summed E-state index contributed by atoms with van der Waals surface area (Å²) in [5.74, 6) is 5.25. The molecule has 0 saturated carbocycles. The number of benzene rings is 1. The van der Waals surface area contributed by atoms with Gasteiger partial charge in [-0.05, 0) is 30.7 Å². The summed E-state index contributed by atoms with van der Waals surface area (Å²) in [5, 5.41) is 4.20. The van der Waals surface area contributed by atoms with E-state index in [0.717, 1.165) is 0 Å². The third-order valence-electron chi connectivity index (χ3n) is 2.82. The minimum atomic E-state index is -3.63. The molecule has 1 heterocycles. The smallest absolute Gasteiger partial charge is 0.262 e. The summed E-state index contributed by atoms with van der Waals surface area (Å²) in [4.78, 5) is 0.169. The van der Waals surface area contributed by atoms with Gasteiger partial charge in [-0.2, -0.15) is 5.10 Å². The predicted octanol–water partition coefficient (Wildman–Crippen LogP) is 1.07. The summed E-state index contributed by atoms with van der Waals surface area (Å²) in [5.41, 5.74) is 4.29. The Kier molecular flexibility index (Phi) is 3.96. The average molecular weight is 295 g/mol. The molecular formula is C12H17N5O2S. The molecule has 0 saturated heterocycles. The van der Waals surface area contributed by atoms with Crippen molar-refractivity contribution in [1.82, 2.24) is 9.78 Å². The SMILES string of the molecule is CCc1nn(C)cc1NS(=O)(=O)c1ccc(NN)cc1. The number of nitrogens with zero attached hydrogens (tertiary/aromatic N) is 2. The molecule has 0 aliphatic rings. The fourth-order valence-electron chi connectivity index (χ4n) is 1.81. The van der Waals surface area contributed by atoms with Crippen LogP contribution in [0, 0.1) is 0 Å². The fourth-order valence-corrected chi connectivity index (χ4v) is 2.89. The van der Waals surface area contributed by atoms with Crippen LogP contribution in [0.2, 0.25) is 0 Å². The molecule has 8 heteroatoms. The molecule has 0 aliphatic heterocycles. The summed E-state index contributed by atoms with van der Waals surface area (Å²) in [6, 6.07) is 6.16. The number of hydrazine groups is 1. The Morgan fingerprint density at radius 1 is 1.30 bits per heavy atom. The van der Waals surface area contributed by atoms with Crippen molar-refractivity contribution < 1.29 is 8.42 Å². The number of nitrogens with one attached hydrogen (secondary N) is 2. The quantitative estimate of drug-likeness (QED) is 0.565. The van der Waals surface area contributed by atoms with Gasteiger partial charge in [-0.1, -0.05) is 6.92 Å². The first-order chi connectivity index (χ1) is 9.46. The van der Waals surface area contributed by atoms with E-state index in [0.29, 0.717) is 23.5 Å². The highest BCUT2D eigenvalue weighted by Gasteiger charge is 2.17. The maximum absolute atomic E-state index is 12.3. The van der Waals surface area contributed by atoms with Gasteiger partial charge in [0, 0.05) is 18.9 Å². The number of aryl methyl sites for hydroxylation is 2. The van der Waals surface area contributed by atoms with Gasteiger partial charge in [0.1, 0.15) is 0 Å². The van der Waals surface area contributed by atoms with Gasteiger partial charge in [0.25, 0.3) is 10.0 Å². The maximum atomic E-state index is 12.3. The number of aromatic nitrogens is 2. The van der Waals surface area contributed by atoms with Crippen molar-refractivity contribution in [2.75, 3.05) is 10.1 Å². The number of anilines is 2. The predicted molar refractivity (Wildman–Crippen MR) is 77.6 cm³/mol. The van der Waals surface area contributed by atoms with Gasteiger partial charge in [0.05, 0.1) is 16.3 Å². The molecule has 4 N–H and O–H groups in total. The van der Waals surface area contributed by atoms with Crippen LogP contribution in [0.5, 0.6) is 0 Å². The number of hydrogen-bond donors (Lipinski definition) is 3. The monoisotopic (exact) mass is 295 g/mol.